The zero-order valence-corrected chi connectivity index (χ0v) is 8.82. The summed E-state index contributed by atoms with van der Waals surface area (Å²) in [5.74, 6) is 0.693. The predicted molar refractivity (Wildman–Crippen MR) is 53.3 cm³/mol. The minimum absolute atomic E-state index is 0.464. The lowest BCUT2D eigenvalue weighted by Gasteiger charge is -2.34. The molecule has 1 aromatic rings. The van der Waals surface area contributed by atoms with E-state index in [0.29, 0.717) is 23.9 Å². The molecule has 0 radical (unpaired) electrons. The van der Waals surface area contributed by atoms with Crippen molar-refractivity contribution >= 4 is 6.01 Å². The Kier molecular flexibility index (Phi) is 2.41. The van der Waals surface area contributed by atoms with Crippen LogP contribution in [0.4, 0.5) is 6.01 Å². The first-order chi connectivity index (χ1) is 6.65. The van der Waals surface area contributed by atoms with E-state index in [4.69, 9.17) is 4.52 Å². The van der Waals surface area contributed by atoms with Gasteiger partial charge >= 0.3 is 6.01 Å². The molecule has 0 aromatic carbocycles. The molecule has 5 nitrogen and oxygen atoms in total. The maximum absolute atomic E-state index is 5.14. The molecule has 1 aliphatic heterocycles. The Morgan fingerprint density at radius 1 is 1.36 bits per heavy atom. The molecular formula is C9H16N4O. The van der Waals surface area contributed by atoms with Crippen LogP contribution in [0.3, 0.4) is 0 Å². The van der Waals surface area contributed by atoms with Gasteiger partial charge in [0.05, 0.1) is 0 Å². The maximum Gasteiger partial charge on any atom is 0.324 e. The van der Waals surface area contributed by atoms with Crippen LogP contribution in [0.15, 0.2) is 4.52 Å². The Morgan fingerprint density at radius 3 is 2.50 bits per heavy atom. The van der Waals surface area contributed by atoms with Gasteiger partial charge < -0.3 is 14.7 Å². The quantitative estimate of drug-likeness (QED) is 0.711. The molecule has 5 heteroatoms. The minimum Gasteiger partial charge on any atom is -0.321 e. The van der Waals surface area contributed by atoms with Crippen molar-refractivity contribution < 1.29 is 4.52 Å². The Balaban J connectivity index is 2.10. The van der Waals surface area contributed by atoms with Crippen LogP contribution in [0, 0.1) is 6.92 Å². The van der Waals surface area contributed by atoms with E-state index < -0.39 is 0 Å². The molecule has 1 saturated heterocycles. The number of aromatic nitrogens is 2. The van der Waals surface area contributed by atoms with E-state index in [2.05, 4.69) is 34.2 Å². The average Bonchev–Trinajstić information content (AvgIpc) is 2.50. The van der Waals surface area contributed by atoms with Crippen LogP contribution in [0.5, 0.6) is 0 Å². The van der Waals surface area contributed by atoms with Gasteiger partial charge in [-0.1, -0.05) is 5.16 Å². The van der Waals surface area contributed by atoms with E-state index >= 15 is 0 Å². The van der Waals surface area contributed by atoms with Gasteiger partial charge in [-0.05, 0) is 20.8 Å². The molecule has 78 valence electrons. The SMILES string of the molecule is Cc1noc(N2CC(C)NC(C)C2)n1. The molecule has 2 heterocycles. The normalized spacial score (nSPS) is 28.1. The number of aryl methyl sites for hydroxylation is 1. The van der Waals surface area contributed by atoms with Crippen molar-refractivity contribution in [2.75, 3.05) is 18.0 Å². The van der Waals surface area contributed by atoms with Crippen molar-refractivity contribution in [1.82, 2.24) is 15.5 Å². The number of rotatable bonds is 1. The predicted octanol–water partition coefficient (Wildman–Crippen LogP) is 0.565. The third kappa shape index (κ3) is 1.87. The monoisotopic (exact) mass is 196 g/mol. The van der Waals surface area contributed by atoms with Crippen molar-refractivity contribution in [3.05, 3.63) is 5.82 Å². The molecule has 1 aliphatic rings. The van der Waals surface area contributed by atoms with Crippen LogP contribution < -0.4 is 10.2 Å². The summed E-state index contributed by atoms with van der Waals surface area (Å²) >= 11 is 0. The molecule has 1 N–H and O–H groups in total. The number of piperazine rings is 1. The van der Waals surface area contributed by atoms with Gasteiger partial charge in [-0.15, -0.1) is 0 Å². The maximum atomic E-state index is 5.14. The lowest BCUT2D eigenvalue weighted by atomic mass is 10.2. The summed E-state index contributed by atoms with van der Waals surface area (Å²) in [4.78, 5) is 6.35. The molecule has 2 atom stereocenters. The van der Waals surface area contributed by atoms with Gasteiger partial charge in [0, 0.05) is 25.2 Å². The average molecular weight is 196 g/mol. The number of anilines is 1. The van der Waals surface area contributed by atoms with Crippen LogP contribution in [0.2, 0.25) is 0 Å². The Bertz CT molecular complexity index is 302. The largest absolute Gasteiger partial charge is 0.324 e. The topological polar surface area (TPSA) is 54.2 Å². The first kappa shape index (κ1) is 9.45. The van der Waals surface area contributed by atoms with Gasteiger partial charge in [-0.25, -0.2) is 0 Å². The fourth-order valence-electron chi connectivity index (χ4n) is 1.90. The van der Waals surface area contributed by atoms with Crippen LogP contribution in [0.1, 0.15) is 19.7 Å². The molecule has 0 aliphatic carbocycles. The number of nitrogens with zero attached hydrogens (tertiary/aromatic N) is 3. The highest BCUT2D eigenvalue weighted by molar-refractivity contribution is 5.27. The second-order valence-corrected chi connectivity index (χ2v) is 4.00. The highest BCUT2D eigenvalue weighted by Crippen LogP contribution is 2.14. The van der Waals surface area contributed by atoms with Crippen LogP contribution >= 0.6 is 0 Å². The molecule has 0 spiro atoms. The number of hydrogen-bond acceptors (Lipinski definition) is 5. The highest BCUT2D eigenvalue weighted by atomic mass is 16.5. The summed E-state index contributed by atoms with van der Waals surface area (Å²) in [6, 6.07) is 1.57. The van der Waals surface area contributed by atoms with Crippen LogP contribution in [-0.4, -0.2) is 35.3 Å². The highest BCUT2D eigenvalue weighted by Gasteiger charge is 2.24. The lowest BCUT2D eigenvalue weighted by molar-refractivity contribution is 0.358. The molecule has 1 fully saturated rings. The van der Waals surface area contributed by atoms with Crippen molar-refractivity contribution in [1.29, 1.82) is 0 Å². The van der Waals surface area contributed by atoms with E-state index in [-0.39, 0.29) is 0 Å². The van der Waals surface area contributed by atoms with Crippen molar-refractivity contribution in [3.8, 4) is 0 Å². The first-order valence-corrected chi connectivity index (χ1v) is 4.96. The summed E-state index contributed by atoms with van der Waals surface area (Å²) in [5.41, 5.74) is 0. The second-order valence-electron chi connectivity index (χ2n) is 4.00. The zero-order valence-electron chi connectivity index (χ0n) is 8.82. The molecule has 14 heavy (non-hydrogen) atoms. The van der Waals surface area contributed by atoms with Crippen molar-refractivity contribution in [3.63, 3.8) is 0 Å². The number of nitrogens with one attached hydrogen (secondary N) is 1. The second kappa shape index (κ2) is 3.57. The van der Waals surface area contributed by atoms with Gasteiger partial charge in [0.1, 0.15) is 0 Å². The smallest absolute Gasteiger partial charge is 0.321 e. The van der Waals surface area contributed by atoms with Gasteiger partial charge in [-0.2, -0.15) is 4.98 Å². The van der Waals surface area contributed by atoms with E-state index in [0.717, 1.165) is 13.1 Å². The molecule has 0 amide bonds. The fourth-order valence-corrected chi connectivity index (χ4v) is 1.90. The van der Waals surface area contributed by atoms with Crippen LogP contribution in [0.25, 0.3) is 0 Å². The fraction of sp³-hybridized carbons (Fsp3) is 0.778. The van der Waals surface area contributed by atoms with Crippen molar-refractivity contribution in [2.24, 2.45) is 0 Å². The molecule has 1 aromatic heterocycles. The Labute approximate surface area is 83.5 Å². The lowest BCUT2D eigenvalue weighted by Crippen LogP contribution is -2.54. The summed E-state index contributed by atoms with van der Waals surface area (Å²) in [7, 11) is 0. The summed E-state index contributed by atoms with van der Waals surface area (Å²) in [5, 5.41) is 7.25. The van der Waals surface area contributed by atoms with E-state index in [9.17, 15) is 0 Å². The summed E-state index contributed by atoms with van der Waals surface area (Å²) in [6.45, 7) is 8.00. The molecule has 2 rings (SSSR count). The Morgan fingerprint density at radius 2 is 2.00 bits per heavy atom. The van der Waals surface area contributed by atoms with E-state index in [1.54, 1.807) is 0 Å². The zero-order chi connectivity index (χ0) is 10.1. The standard InChI is InChI=1S/C9H16N4O/c1-6-4-13(5-7(2)10-6)9-11-8(3)12-14-9/h6-7,10H,4-5H2,1-3H3. The molecule has 0 saturated carbocycles. The van der Waals surface area contributed by atoms with Crippen LogP contribution in [-0.2, 0) is 0 Å². The van der Waals surface area contributed by atoms with Gasteiger partial charge in [-0.3, -0.25) is 0 Å². The molecule has 2 unspecified atom stereocenters. The van der Waals surface area contributed by atoms with Crippen molar-refractivity contribution in [2.45, 2.75) is 32.9 Å². The number of hydrogen-bond donors (Lipinski definition) is 1. The molecule has 0 bridgehead atoms. The van der Waals surface area contributed by atoms with E-state index in [1.807, 2.05) is 6.92 Å². The molecular weight excluding hydrogens is 180 g/mol. The summed E-state index contributed by atoms with van der Waals surface area (Å²) < 4.78 is 5.14. The summed E-state index contributed by atoms with van der Waals surface area (Å²) in [6.07, 6.45) is 0. The van der Waals surface area contributed by atoms with E-state index in [1.165, 1.54) is 0 Å². The Hall–Kier alpha value is -1.10. The third-order valence-corrected chi connectivity index (χ3v) is 2.34. The van der Waals surface area contributed by atoms with Gasteiger partial charge in [0.25, 0.3) is 0 Å². The third-order valence-electron chi connectivity index (χ3n) is 2.34. The first-order valence-electron chi connectivity index (χ1n) is 4.96. The van der Waals surface area contributed by atoms with Gasteiger partial charge in [0.15, 0.2) is 5.82 Å². The minimum atomic E-state index is 0.464. The van der Waals surface area contributed by atoms with Gasteiger partial charge in [0.2, 0.25) is 0 Å².